The van der Waals surface area contributed by atoms with Crippen LogP contribution in [0.5, 0.6) is 11.5 Å². The summed E-state index contributed by atoms with van der Waals surface area (Å²) < 4.78 is 10.8. The van der Waals surface area contributed by atoms with Crippen LogP contribution < -0.4 is 9.47 Å². The van der Waals surface area contributed by atoms with Crippen molar-refractivity contribution in [3.05, 3.63) is 95.6 Å². The zero-order valence-corrected chi connectivity index (χ0v) is 14.4. The standard InChI is InChI=1S/C23H20O2/c1-24-22-16-14-20(17-23(22)25-2)21(19-11-7-4-8-12-19)15-13-18-9-5-3-6-10-18/h3-12,14,16-17,21H,1-2H3. The summed E-state index contributed by atoms with van der Waals surface area (Å²) >= 11 is 0. The smallest absolute Gasteiger partial charge is 0.161 e. The van der Waals surface area contributed by atoms with Gasteiger partial charge in [-0.1, -0.05) is 66.4 Å². The molecule has 0 amide bonds. The van der Waals surface area contributed by atoms with E-state index in [-0.39, 0.29) is 5.92 Å². The van der Waals surface area contributed by atoms with Gasteiger partial charge in [0.05, 0.1) is 20.1 Å². The normalized spacial score (nSPS) is 11.1. The molecule has 0 aromatic heterocycles. The molecule has 0 aliphatic carbocycles. The molecule has 1 unspecified atom stereocenters. The molecule has 0 saturated carbocycles. The third kappa shape index (κ3) is 4.02. The summed E-state index contributed by atoms with van der Waals surface area (Å²) in [5, 5.41) is 0. The predicted octanol–water partition coefficient (Wildman–Crippen LogP) is 4.89. The second-order valence-electron chi connectivity index (χ2n) is 5.59. The average Bonchev–Trinajstić information content (AvgIpc) is 2.69. The monoisotopic (exact) mass is 328 g/mol. The van der Waals surface area contributed by atoms with Gasteiger partial charge in [-0.3, -0.25) is 0 Å². The van der Waals surface area contributed by atoms with Gasteiger partial charge in [-0.25, -0.2) is 0 Å². The molecule has 0 aliphatic heterocycles. The van der Waals surface area contributed by atoms with E-state index in [2.05, 4.69) is 24.0 Å². The zero-order valence-electron chi connectivity index (χ0n) is 14.4. The molecule has 0 fully saturated rings. The molecule has 0 bridgehead atoms. The number of ether oxygens (including phenoxy) is 2. The van der Waals surface area contributed by atoms with Crippen molar-refractivity contribution >= 4 is 0 Å². The quantitative estimate of drug-likeness (QED) is 0.635. The fourth-order valence-electron chi connectivity index (χ4n) is 2.71. The molecule has 1 atom stereocenters. The Bertz CT molecular complexity index is 874. The van der Waals surface area contributed by atoms with Crippen LogP contribution in [0.2, 0.25) is 0 Å². The van der Waals surface area contributed by atoms with E-state index in [0.717, 1.165) is 16.7 Å². The lowest BCUT2D eigenvalue weighted by molar-refractivity contribution is 0.354. The zero-order chi connectivity index (χ0) is 17.5. The SMILES string of the molecule is COc1ccc(C(C#Cc2ccccc2)c2ccccc2)cc1OC. The van der Waals surface area contributed by atoms with Gasteiger partial charge in [0.2, 0.25) is 0 Å². The Labute approximate surface area is 149 Å². The molecule has 0 heterocycles. The van der Waals surface area contributed by atoms with Crippen molar-refractivity contribution < 1.29 is 9.47 Å². The molecular weight excluding hydrogens is 308 g/mol. The van der Waals surface area contributed by atoms with Crippen LogP contribution in [0, 0.1) is 11.8 Å². The third-order valence-electron chi connectivity index (χ3n) is 4.01. The van der Waals surface area contributed by atoms with Gasteiger partial charge in [0.15, 0.2) is 11.5 Å². The van der Waals surface area contributed by atoms with Crippen molar-refractivity contribution in [2.75, 3.05) is 14.2 Å². The summed E-state index contributed by atoms with van der Waals surface area (Å²) in [5.74, 6) is 8.08. The van der Waals surface area contributed by atoms with Crippen molar-refractivity contribution in [2.24, 2.45) is 0 Å². The molecule has 25 heavy (non-hydrogen) atoms. The predicted molar refractivity (Wildman–Crippen MR) is 101 cm³/mol. The summed E-state index contributed by atoms with van der Waals surface area (Å²) in [6.07, 6.45) is 0. The first kappa shape index (κ1) is 16.7. The Hall–Kier alpha value is -3.18. The Morgan fingerprint density at radius 1 is 0.680 bits per heavy atom. The van der Waals surface area contributed by atoms with Gasteiger partial charge in [0, 0.05) is 5.56 Å². The first-order valence-electron chi connectivity index (χ1n) is 8.15. The van der Waals surface area contributed by atoms with Crippen LogP contribution in [0.15, 0.2) is 78.9 Å². The lowest BCUT2D eigenvalue weighted by atomic mass is 9.91. The van der Waals surface area contributed by atoms with Gasteiger partial charge < -0.3 is 9.47 Å². The molecule has 2 heteroatoms. The Kier molecular flexibility index (Phi) is 5.39. The van der Waals surface area contributed by atoms with E-state index in [0.29, 0.717) is 11.5 Å². The number of rotatable bonds is 4. The maximum Gasteiger partial charge on any atom is 0.161 e. The lowest BCUT2D eigenvalue weighted by Gasteiger charge is -2.15. The number of methoxy groups -OCH3 is 2. The molecule has 124 valence electrons. The van der Waals surface area contributed by atoms with E-state index in [1.54, 1.807) is 14.2 Å². The Morgan fingerprint density at radius 2 is 1.32 bits per heavy atom. The molecular formula is C23H20O2. The summed E-state index contributed by atoms with van der Waals surface area (Å²) in [5.41, 5.74) is 3.23. The molecule has 3 aromatic carbocycles. The number of hydrogen-bond acceptors (Lipinski definition) is 2. The van der Waals surface area contributed by atoms with Gasteiger partial charge in [-0.2, -0.15) is 0 Å². The molecule has 3 aromatic rings. The number of benzene rings is 3. The van der Waals surface area contributed by atoms with Gasteiger partial charge in [-0.05, 0) is 35.4 Å². The van der Waals surface area contributed by atoms with E-state index >= 15 is 0 Å². The fraction of sp³-hybridized carbons (Fsp3) is 0.130. The second kappa shape index (κ2) is 8.08. The van der Waals surface area contributed by atoms with Crippen molar-refractivity contribution in [2.45, 2.75) is 5.92 Å². The van der Waals surface area contributed by atoms with E-state index in [4.69, 9.17) is 9.47 Å². The highest BCUT2D eigenvalue weighted by atomic mass is 16.5. The fourth-order valence-corrected chi connectivity index (χ4v) is 2.71. The summed E-state index contributed by atoms with van der Waals surface area (Å²) in [4.78, 5) is 0. The lowest BCUT2D eigenvalue weighted by Crippen LogP contribution is -2.00. The number of hydrogen-bond donors (Lipinski definition) is 0. The minimum absolute atomic E-state index is 0.0405. The van der Waals surface area contributed by atoms with Crippen LogP contribution in [-0.4, -0.2) is 14.2 Å². The first-order chi connectivity index (χ1) is 12.3. The molecule has 0 spiro atoms. The van der Waals surface area contributed by atoms with Crippen LogP contribution in [0.25, 0.3) is 0 Å². The van der Waals surface area contributed by atoms with Gasteiger partial charge in [-0.15, -0.1) is 0 Å². The highest BCUT2D eigenvalue weighted by molar-refractivity contribution is 5.50. The minimum Gasteiger partial charge on any atom is -0.493 e. The van der Waals surface area contributed by atoms with E-state index in [9.17, 15) is 0 Å². The van der Waals surface area contributed by atoms with E-state index < -0.39 is 0 Å². The largest absolute Gasteiger partial charge is 0.493 e. The summed E-state index contributed by atoms with van der Waals surface area (Å²) in [6, 6.07) is 26.3. The minimum atomic E-state index is -0.0405. The Balaban J connectivity index is 2.05. The molecule has 2 nitrogen and oxygen atoms in total. The highest BCUT2D eigenvalue weighted by Crippen LogP contribution is 2.33. The molecule has 0 radical (unpaired) electrons. The molecule has 0 aliphatic rings. The maximum atomic E-state index is 5.45. The third-order valence-corrected chi connectivity index (χ3v) is 4.01. The van der Waals surface area contributed by atoms with Crippen LogP contribution in [-0.2, 0) is 0 Å². The van der Waals surface area contributed by atoms with E-state index in [1.165, 1.54) is 0 Å². The van der Waals surface area contributed by atoms with Gasteiger partial charge in [0.25, 0.3) is 0 Å². The molecule has 0 N–H and O–H groups in total. The van der Waals surface area contributed by atoms with Crippen molar-refractivity contribution in [3.63, 3.8) is 0 Å². The topological polar surface area (TPSA) is 18.5 Å². The van der Waals surface area contributed by atoms with Crippen LogP contribution in [0.1, 0.15) is 22.6 Å². The van der Waals surface area contributed by atoms with Crippen LogP contribution >= 0.6 is 0 Å². The summed E-state index contributed by atoms with van der Waals surface area (Å²) in [7, 11) is 3.29. The molecule has 0 saturated heterocycles. The molecule has 3 rings (SSSR count). The first-order valence-corrected chi connectivity index (χ1v) is 8.15. The van der Waals surface area contributed by atoms with Crippen molar-refractivity contribution in [1.82, 2.24) is 0 Å². The van der Waals surface area contributed by atoms with E-state index in [1.807, 2.05) is 66.7 Å². The average molecular weight is 328 g/mol. The van der Waals surface area contributed by atoms with Crippen molar-refractivity contribution in [1.29, 1.82) is 0 Å². The van der Waals surface area contributed by atoms with Crippen LogP contribution in [0.3, 0.4) is 0 Å². The van der Waals surface area contributed by atoms with Crippen LogP contribution in [0.4, 0.5) is 0 Å². The Morgan fingerprint density at radius 3 is 1.96 bits per heavy atom. The maximum absolute atomic E-state index is 5.45. The van der Waals surface area contributed by atoms with Gasteiger partial charge in [0.1, 0.15) is 0 Å². The highest BCUT2D eigenvalue weighted by Gasteiger charge is 2.14. The summed E-state index contributed by atoms with van der Waals surface area (Å²) in [6.45, 7) is 0. The van der Waals surface area contributed by atoms with Crippen molar-refractivity contribution in [3.8, 4) is 23.3 Å². The van der Waals surface area contributed by atoms with Gasteiger partial charge >= 0.3 is 0 Å². The second-order valence-corrected chi connectivity index (χ2v) is 5.59.